The highest BCUT2D eigenvalue weighted by Gasteiger charge is 2.11. The molecule has 1 rings (SSSR count). The summed E-state index contributed by atoms with van der Waals surface area (Å²) >= 11 is 0. The summed E-state index contributed by atoms with van der Waals surface area (Å²) in [6, 6.07) is 9.55. The average Bonchev–Trinajstić information content (AvgIpc) is 2.27. The zero-order chi connectivity index (χ0) is 12.0. The van der Waals surface area contributed by atoms with Crippen LogP contribution in [0.25, 0.3) is 5.57 Å². The van der Waals surface area contributed by atoms with Crippen molar-refractivity contribution in [3.05, 3.63) is 42.0 Å². The normalized spacial score (nSPS) is 11.6. The third-order valence-electron chi connectivity index (χ3n) is 2.02. The Labute approximate surface area is 96.1 Å². The van der Waals surface area contributed by atoms with E-state index in [1.165, 1.54) is 7.11 Å². The minimum atomic E-state index is -0.220. The van der Waals surface area contributed by atoms with Gasteiger partial charge in [0.05, 0.1) is 7.11 Å². The molecule has 86 valence electrons. The monoisotopic (exact) mass is 219 g/mol. The number of carbonyl (C=O) groups is 1. The quantitative estimate of drug-likeness (QED) is 0.623. The van der Waals surface area contributed by atoms with Gasteiger partial charge in [-0.3, -0.25) is 9.63 Å². The van der Waals surface area contributed by atoms with Crippen molar-refractivity contribution in [2.24, 2.45) is 5.92 Å². The molecule has 0 bridgehead atoms. The van der Waals surface area contributed by atoms with Crippen LogP contribution < -0.4 is 5.48 Å². The van der Waals surface area contributed by atoms with Crippen LogP contribution in [0.3, 0.4) is 0 Å². The third kappa shape index (κ3) is 3.51. The molecule has 1 aromatic carbocycles. The molecule has 0 saturated carbocycles. The van der Waals surface area contributed by atoms with Crippen LogP contribution in [0.15, 0.2) is 36.4 Å². The average molecular weight is 219 g/mol. The zero-order valence-corrected chi connectivity index (χ0v) is 9.86. The van der Waals surface area contributed by atoms with Gasteiger partial charge in [-0.15, -0.1) is 0 Å². The highest BCUT2D eigenvalue weighted by molar-refractivity contribution is 6.19. The summed E-state index contributed by atoms with van der Waals surface area (Å²) in [5, 5.41) is 0. The van der Waals surface area contributed by atoms with Crippen molar-refractivity contribution in [2.45, 2.75) is 13.8 Å². The van der Waals surface area contributed by atoms with E-state index in [2.05, 4.69) is 10.3 Å². The lowest BCUT2D eigenvalue weighted by molar-refractivity contribution is -0.125. The topological polar surface area (TPSA) is 38.3 Å². The van der Waals surface area contributed by atoms with Crippen molar-refractivity contribution in [3.63, 3.8) is 0 Å². The number of hydrogen-bond acceptors (Lipinski definition) is 2. The van der Waals surface area contributed by atoms with Crippen LogP contribution in [0.2, 0.25) is 0 Å². The molecule has 0 heterocycles. The SMILES string of the molecule is CONC(=O)/C(=C/C(C)C)c1ccccc1. The molecule has 0 unspecified atom stereocenters. The third-order valence-corrected chi connectivity index (χ3v) is 2.02. The fourth-order valence-electron chi connectivity index (χ4n) is 1.40. The number of benzene rings is 1. The molecule has 0 radical (unpaired) electrons. The smallest absolute Gasteiger partial charge is 0.275 e. The maximum atomic E-state index is 11.8. The number of rotatable bonds is 4. The van der Waals surface area contributed by atoms with E-state index in [1.54, 1.807) is 0 Å². The molecule has 0 aliphatic carbocycles. The maximum absolute atomic E-state index is 11.8. The zero-order valence-electron chi connectivity index (χ0n) is 9.86. The molecule has 16 heavy (non-hydrogen) atoms. The van der Waals surface area contributed by atoms with Gasteiger partial charge >= 0.3 is 0 Å². The highest BCUT2D eigenvalue weighted by Crippen LogP contribution is 2.16. The summed E-state index contributed by atoms with van der Waals surface area (Å²) in [5.74, 6) is 0.0835. The summed E-state index contributed by atoms with van der Waals surface area (Å²) in [7, 11) is 1.43. The second kappa shape index (κ2) is 6.08. The Balaban J connectivity index is 3.02. The van der Waals surface area contributed by atoms with Gasteiger partial charge in [0.2, 0.25) is 0 Å². The van der Waals surface area contributed by atoms with E-state index < -0.39 is 0 Å². The lowest BCUT2D eigenvalue weighted by Gasteiger charge is -2.08. The summed E-state index contributed by atoms with van der Waals surface area (Å²) in [4.78, 5) is 16.4. The first kappa shape index (κ1) is 12.5. The van der Waals surface area contributed by atoms with Crippen molar-refractivity contribution in [2.75, 3.05) is 7.11 Å². The molecule has 0 fully saturated rings. The van der Waals surface area contributed by atoms with Gasteiger partial charge in [0.25, 0.3) is 5.91 Å². The molecular weight excluding hydrogens is 202 g/mol. The molecule has 1 N–H and O–H groups in total. The first-order valence-electron chi connectivity index (χ1n) is 5.25. The Morgan fingerprint density at radius 3 is 2.44 bits per heavy atom. The molecule has 3 nitrogen and oxygen atoms in total. The summed E-state index contributed by atoms with van der Waals surface area (Å²) < 4.78 is 0. The molecule has 0 aliphatic rings. The van der Waals surface area contributed by atoms with E-state index in [0.717, 1.165) is 5.56 Å². The van der Waals surface area contributed by atoms with Crippen molar-refractivity contribution >= 4 is 11.5 Å². The molecule has 3 heteroatoms. The number of hydrogen-bond donors (Lipinski definition) is 1. The van der Waals surface area contributed by atoms with Crippen LogP contribution in [0.1, 0.15) is 19.4 Å². The van der Waals surface area contributed by atoms with E-state index in [4.69, 9.17) is 0 Å². The van der Waals surface area contributed by atoms with Gasteiger partial charge in [0, 0.05) is 5.57 Å². The maximum Gasteiger partial charge on any atom is 0.275 e. The van der Waals surface area contributed by atoms with Crippen molar-refractivity contribution in [1.82, 2.24) is 5.48 Å². The number of amides is 1. The molecule has 0 aliphatic heterocycles. The predicted molar refractivity (Wildman–Crippen MR) is 64.4 cm³/mol. The van der Waals surface area contributed by atoms with Gasteiger partial charge in [-0.25, -0.2) is 5.48 Å². The summed E-state index contributed by atoms with van der Waals surface area (Å²) in [6.45, 7) is 4.06. The van der Waals surface area contributed by atoms with Crippen LogP contribution in [-0.2, 0) is 9.63 Å². The lowest BCUT2D eigenvalue weighted by atomic mass is 10.0. The van der Waals surface area contributed by atoms with Crippen molar-refractivity contribution in [3.8, 4) is 0 Å². The standard InChI is InChI=1S/C13H17NO2/c1-10(2)9-12(13(15)14-16-3)11-7-5-4-6-8-11/h4-10H,1-3H3,(H,14,15)/b12-9+. The Morgan fingerprint density at radius 1 is 1.31 bits per heavy atom. The molecule has 1 amide bonds. The molecule has 0 spiro atoms. The highest BCUT2D eigenvalue weighted by atomic mass is 16.6. The Hall–Kier alpha value is -1.61. The van der Waals surface area contributed by atoms with Gasteiger partial charge in [-0.1, -0.05) is 50.3 Å². The first-order valence-corrected chi connectivity index (χ1v) is 5.25. The van der Waals surface area contributed by atoms with E-state index in [-0.39, 0.29) is 5.91 Å². The largest absolute Gasteiger partial charge is 0.277 e. The van der Waals surface area contributed by atoms with Crippen LogP contribution in [-0.4, -0.2) is 13.0 Å². The minimum Gasteiger partial charge on any atom is -0.277 e. The Morgan fingerprint density at radius 2 is 1.94 bits per heavy atom. The van der Waals surface area contributed by atoms with Gasteiger partial charge in [0.1, 0.15) is 0 Å². The van der Waals surface area contributed by atoms with E-state index in [0.29, 0.717) is 11.5 Å². The number of hydroxylamine groups is 1. The van der Waals surface area contributed by atoms with Gasteiger partial charge in [-0.2, -0.15) is 0 Å². The Kier molecular flexibility index (Phi) is 4.73. The first-order chi connectivity index (χ1) is 7.65. The minimum absolute atomic E-state index is 0.220. The fraction of sp³-hybridized carbons (Fsp3) is 0.308. The number of carbonyl (C=O) groups excluding carboxylic acids is 1. The molecule has 0 aromatic heterocycles. The van der Waals surface area contributed by atoms with E-state index >= 15 is 0 Å². The van der Waals surface area contributed by atoms with Crippen molar-refractivity contribution < 1.29 is 9.63 Å². The van der Waals surface area contributed by atoms with Crippen LogP contribution in [0.4, 0.5) is 0 Å². The molecular formula is C13H17NO2. The number of allylic oxidation sites excluding steroid dienone is 1. The second-order valence-corrected chi connectivity index (χ2v) is 3.83. The summed E-state index contributed by atoms with van der Waals surface area (Å²) in [6.07, 6.45) is 1.92. The van der Waals surface area contributed by atoms with Crippen molar-refractivity contribution in [1.29, 1.82) is 0 Å². The van der Waals surface area contributed by atoms with Gasteiger partial charge in [-0.05, 0) is 11.5 Å². The van der Waals surface area contributed by atoms with E-state index in [1.807, 2.05) is 50.3 Å². The van der Waals surface area contributed by atoms with Gasteiger partial charge in [0.15, 0.2) is 0 Å². The van der Waals surface area contributed by atoms with Crippen LogP contribution >= 0.6 is 0 Å². The summed E-state index contributed by atoms with van der Waals surface area (Å²) in [5.41, 5.74) is 3.87. The number of nitrogens with one attached hydrogen (secondary N) is 1. The van der Waals surface area contributed by atoms with E-state index in [9.17, 15) is 4.79 Å². The Bertz CT molecular complexity index is 369. The second-order valence-electron chi connectivity index (χ2n) is 3.83. The fourth-order valence-corrected chi connectivity index (χ4v) is 1.40. The predicted octanol–water partition coefficient (Wildman–Crippen LogP) is 2.40. The molecule has 1 aromatic rings. The van der Waals surface area contributed by atoms with Gasteiger partial charge < -0.3 is 0 Å². The molecule has 0 saturated heterocycles. The van der Waals surface area contributed by atoms with Crippen LogP contribution in [0.5, 0.6) is 0 Å². The molecule has 0 atom stereocenters. The lowest BCUT2D eigenvalue weighted by Crippen LogP contribution is -2.23. The van der Waals surface area contributed by atoms with Crippen LogP contribution in [0, 0.1) is 5.92 Å².